The lowest BCUT2D eigenvalue weighted by molar-refractivity contribution is -0.159. The predicted molar refractivity (Wildman–Crippen MR) is 62.5 cm³/mol. The Morgan fingerprint density at radius 1 is 1.33 bits per heavy atom. The van der Waals surface area contributed by atoms with Crippen LogP contribution in [0, 0.1) is 5.92 Å². The largest absolute Gasteiger partial charge is 0.473 e. The van der Waals surface area contributed by atoms with Crippen molar-refractivity contribution in [1.82, 2.24) is 14.3 Å². The van der Waals surface area contributed by atoms with Crippen LogP contribution in [0.4, 0.5) is 0 Å². The van der Waals surface area contributed by atoms with Crippen LogP contribution < -0.4 is 0 Å². The molecule has 2 aliphatic rings. The van der Waals surface area contributed by atoms with Gasteiger partial charge in [0.2, 0.25) is 0 Å². The van der Waals surface area contributed by atoms with E-state index in [2.05, 4.69) is 14.3 Å². The van der Waals surface area contributed by atoms with Gasteiger partial charge in [0.1, 0.15) is 11.3 Å². The molecule has 2 fully saturated rings. The molecule has 0 saturated carbocycles. The van der Waals surface area contributed by atoms with Crippen LogP contribution in [0.25, 0.3) is 0 Å². The minimum Gasteiger partial charge on any atom is -0.473 e. The second kappa shape index (κ2) is 5.40. The average Bonchev–Trinajstić information content (AvgIpc) is 3.06. The lowest BCUT2D eigenvalue weighted by Crippen LogP contribution is -2.21. The van der Waals surface area contributed by atoms with Crippen LogP contribution in [0.15, 0.2) is 6.33 Å². The molecular weight excluding hydrogens is 258 g/mol. The summed E-state index contributed by atoms with van der Waals surface area (Å²) in [6.07, 6.45) is 3.05. The van der Waals surface area contributed by atoms with Gasteiger partial charge in [0, 0.05) is 19.0 Å². The number of hydrogen-bond acceptors (Lipinski definition) is 6. The molecule has 2 N–H and O–H groups in total. The van der Waals surface area contributed by atoms with Gasteiger partial charge in [-0.05, 0) is 30.4 Å². The lowest BCUT2D eigenvalue weighted by atomic mass is 9.93. The molecule has 0 aliphatic carbocycles. The topological polar surface area (TPSA) is 104 Å². The summed E-state index contributed by atoms with van der Waals surface area (Å²) in [6, 6.07) is 0. The maximum atomic E-state index is 9.10. The van der Waals surface area contributed by atoms with Crippen LogP contribution in [-0.4, -0.2) is 56.0 Å². The fourth-order valence-corrected chi connectivity index (χ4v) is 3.11. The smallest absolute Gasteiger partial charge is 0.414 e. The van der Waals surface area contributed by atoms with Crippen LogP contribution >= 0.6 is 11.5 Å². The Morgan fingerprint density at radius 3 is 2.44 bits per heavy atom. The van der Waals surface area contributed by atoms with Crippen LogP contribution in [0.5, 0.6) is 0 Å². The highest BCUT2D eigenvalue weighted by Crippen LogP contribution is 2.39. The molecule has 3 atom stereocenters. The summed E-state index contributed by atoms with van der Waals surface area (Å²) in [5.74, 6) is -2.07. The van der Waals surface area contributed by atoms with E-state index in [4.69, 9.17) is 19.8 Å². The number of aromatic nitrogens is 2. The van der Waals surface area contributed by atoms with Gasteiger partial charge in [0.15, 0.2) is 0 Å². The Labute approximate surface area is 107 Å². The molecule has 1 aromatic rings. The molecule has 0 spiro atoms. The summed E-state index contributed by atoms with van der Waals surface area (Å²) < 4.78 is 4.06. The minimum atomic E-state index is -1.82. The zero-order valence-electron chi connectivity index (χ0n) is 9.52. The molecule has 0 radical (unpaired) electrons. The van der Waals surface area contributed by atoms with Gasteiger partial charge < -0.3 is 15.1 Å². The highest BCUT2D eigenvalue weighted by Gasteiger charge is 2.39. The number of fused-ring (bicyclic) bond motifs is 2. The molecule has 2 aliphatic heterocycles. The minimum absolute atomic E-state index is 0.700. The van der Waals surface area contributed by atoms with Gasteiger partial charge in [0.05, 0.1) is 0 Å². The Hall–Kier alpha value is -1.54. The van der Waals surface area contributed by atoms with E-state index in [-0.39, 0.29) is 0 Å². The van der Waals surface area contributed by atoms with Crippen molar-refractivity contribution in [2.75, 3.05) is 19.6 Å². The van der Waals surface area contributed by atoms with Gasteiger partial charge in [0.25, 0.3) is 0 Å². The zero-order valence-corrected chi connectivity index (χ0v) is 10.3. The third kappa shape index (κ3) is 2.82. The van der Waals surface area contributed by atoms with E-state index < -0.39 is 11.9 Å². The molecule has 1 aromatic heterocycles. The van der Waals surface area contributed by atoms with E-state index in [0.717, 1.165) is 5.92 Å². The van der Waals surface area contributed by atoms with Crippen LogP contribution in [0.1, 0.15) is 17.3 Å². The van der Waals surface area contributed by atoms with Crippen molar-refractivity contribution in [2.24, 2.45) is 5.92 Å². The van der Waals surface area contributed by atoms with E-state index in [1.165, 1.54) is 31.1 Å². The van der Waals surface area contributed by atoms with Gasteiger partial charge in [-0.25, -0.2) is 14.6 Å². The quantitative estimate of drug-likeness (QED) is 0.699. The highest BCUT2D eigenvalue weighted by molar-refractivity contribution is 7.05. The van der Waals surface area contributed by atoms with Crippen molar-refractivity contribution in [3.8, 4) is 0 Å². The summed E-state index contributed by atoms with van der Waals surface area (Å²) >= 11 is 1.57. The summed E-state index contributed by atoms with van der Waals surface area (Å²) in [5, 5.41) is 16.0. The molecular formula is C10H13N3O4S. The summed E-state index contributed by atoms with van der Waals surface area (Å²) in [6.45, 7) is 3.82. The molecule has 98 valence electrons. The van der Waals surface area contributed by atoms with Crippen molar-refractivity contribution in [1.29, 1.82) is 0 Å². The van der Waals surface area contributed by atoms with Crippen molar-refractivity contribution in [2.45, 2.75) is 12.3 Å². The normalized spacial score (nSPS) is 28.6. The number of carboxylic acid groups (broad SMARTS) is 2. The monoisotopic (exact) mass is 271 g/mol. The van der Waals surface area contributed by atoms with Crippen molar-refractivity contribution in [3.05, 3.63) is 11.3 Å². The first-order valence-electron chi connectivity index (χ1n) is 5.53. The number of hydrogen-bond donors (Lipinski definition) is 2. The summed E-state index contributed by atoms with van der Waals surface area (Å²) in [5.41, 5.74) is 0. The molecule has 2 saturated heterocycles. The van der Waals surface area contributed by atoms with Crippen LogP contribution in [0.3, 0.4) is 0 Å². The van der Waals surface area contributed by atoms with Crippen molar-refractivity contribution >= 4 is 23.5 Å². The maximum absolute atomic E-state index is 9.10. The van der Waals surface area contributed by atoms with Gasteiger partial charge >= 0.3 is 11.9 Å². The van der Waals surface area contributed by atoms with Crippen molar-refractivity contribution in [3.63, 3.8) is 0 Å². The lowest BCUT2D eigenvalue weighted by Gasteiger charge is -2.18. The SMILES string of the molecule is O=C(O)C(=O)O.c1nsc(C2CN3CCC2C3)n1. The number of nitrogens with zero attached hydrogens (tertiary/aromatic N) is 3. The Balaban J connectivity index is 0.000000174. The molecule has 3 heterocycles. The second-order valence-electron chi connectivity index (χ2n) is 4.30. The van der Waals surface area contributed by atoms with Gasteiger partial charge in [-0.3, -0.25) is 0 Å². The van der Waals surface area contributed by atoms with Crippen molar-refractivity contribution < 1.29 is 19.8 Å². The molecule has 18 heavy (non-hydrogen) atoms. The van der Waals surface area contributed by atoms with Crippen LogP contribution in [-0.2, 0) is 9.59 Å². The first kappa shape index (κ1) is 12.9. The number of aliphatic carboxylic acids is 2. The Morgan fingerprint density at radius 2 is 2.06 bits per heavy atom. The predicted octanol–water partition coefficient (Wildman–Crippen LogP) is 0.113. The number of piperidine rings is 1. The fraction of sp³-hybridized carbons (Fsp3) is 0.600. The number of carboxylic acids is 2. The number of rotatable bonds is 1. The van der Waals surface area contributed by atoms with E-state index in [1.807, 2.05) is 0 Å². The molecule has 0 aromatic carbocycles. The second-order valence-corrected chi connectivity index (χ2v) is 5.12. The number of carbonyl (C=O) groups is 2. The maximum Gasteiger partial charge on any atom is 0.414 e. The molecule has 3 unspecified atom stereocenters. The van der Waals surface area contributed by atoms with Gasteiger partial charge in [-0.2, -0.15) is 4.37 Å². The zero-order chi connectivity index (χ0) is 13.1. The van der Waals surface area contributed by atoms with Gasteiger partial charge in [-0.1, -0.05) is 0 Å². The summed E-state index contributed by atoms with van der Waals surface area (Å²) in [4.78, 5) is 25.0. The van der Waals surface area contributed by atoms with E-state index in [1.54, 1.807) is 17.9 Å². The van der Waals surface area contributed by atoms with E-state index in [9.17, 15) is 0 Å². The Kier molecular flexibility index (Phi) is 3.87. The highest BCUT2D eigenvalue weighted by atomic mass is 32.1. The van der Waals surface area contributed by atoms with Gasteiger partial charge in [-0.15, -0.1) is 0 Å². The van der Waals surface area contributed by atoms with Crippen LogP contribution in [0.2, 0.25) is 0 Å². The molecule has 0 amide bonds. The molecule has 2 bridgehead atoms. The van der Waals surface area contributed by atoms with E-state index >= 15 is 0 Å². The third-order valence-electron chi connectivity index (χ3n) is 3.21. The average molecular weight is 271 g/mol. The molecule has 8 heteroatoms. The first-order valence-corrected chi connectivity index (χ1v) is 6.30. The fourth-order valence-electron chi connectivity index (χ4n) is 2.41. The first-order chi connectivity index (χ1) is 8.58. The summed E-state index contributed by atoms with van der Waals surface area (Å²) in [7, 11) is 0. The molecule has 3 rings (SSSR count). The standard InChI is InChI=1S/C8H11N3S.C2H2O4/c1-2-11-3-6(1)7(4-11)8-9-5-10-12-8;3-1(4)2(5)6/h5-7H,1-4H2;(H,3,4)(H,5,6). The van der Waals surface area contributed by atoms with E-state index in [0.29, 0.717) is 5.92 Å². The third-order valence-corrected chi connectivity index (χ3v) is 4.01. The molecule has 7 nitrogen and oxygen atoms in total. The Bertz CT molecular complexity index is 424.